The number of benzene rings is 3. The molecule has 5 rings (SSSR count). The summed E-state index contributed by atoms with van der Waals surface area (Å²) in [5.74, 6) is -0.934. The predicted molar refractivity (Wildman–Crippen MR) is 152 cm³/mol. The lowest BCUT2D eigenvalue weighted by Gasteiger charge is -2.24. The minimum absolute atomic E-state index is 0.0524. The Hall–Kier alpha value is -3.97. The lowest BCUT2D eigenvalue weighted by Crippen LogP contribution is -2.29. The lowest BCUT2D eigenvalue weighted by atomic mass is 9.85. The Labute approximate surface area is 226 Å². The molecule has 0 saturated carbocycles. The number of carbonyl (C=O) groups is 2. The van der Waals surface area contributed by atoms with Gasteiger partial charge in [0.05, 0.1) is 28.4 Å². The summed E-state index contributed by atoms with van der Waals surface area (Å²) in [7, 11) is 0. The number of aliphatic hydroxyl groups excluding tert-OH is 1. The molecule has 1 aliphatic rings. The summed E-state index contributed by atoms with van der Waals surface area (Å²) in [6.45, 7) is 10.8. The second-order valence-electron chi connectivity index (χ2n) is 10.5. The number of rotatable bonds is 5. The summed E-state index contributed by atoms with van der Waals surface area (Å²) in [5.41, 5.74) is 4.05. The number of amides is 1. The molecule has 1 aliphatic heterocycles. The molecule has 0 aliphatic carbocycles. The van der Waals surface area contributed by atoms with E-state index in [1.807, 2.05) is 68.4 Å². The third-order valence-electron chi connectivity index (χ3n) is 6.73. The third-order valence-corrected chi connectivity index (χ3v) is 7.75. The molecule has 1 aromatic heterocycles. The minimum atomic E-state index is -0.822. The number of aryl methyl sites for hydroxylation is 1. The van der Waals surface area contributed by atoms with Crippen LogP contribution in [0.3, 0.4) is 0 Å². The van der Waals surface area contributed by atoms with Gasteiger partial charge in [0.25, 0.3) is 5.78 Å². The van der Waals surface area contributed by atoms with Crippen LogP contribution in [-0.4, -0.2) is 28.4 Å². The molecule has 0 bridgehead atoms. The average Bonchev–Trinajstić information content (AvgIpc) is 3.41. The molecule has 4 aromatic rings. The molecule has 7 heteroatoms. The highest BCUT2D eigenvalue weighted by molar-refractivity contribution is 7.22. The Balaban J connectivity index is 1.69. The zero-order valence-electron chi connectivity index (χ0n) is 22.1. The summed E-state index contributed by atoms with van der Waals surface area (Å²) in [6.07, 6.45) is 0. The molecule has 2 heterocycles. The molecule has 1 amide bonds. The molecule has 3 aromatic carbocycles. The van der Waals surface area contributed by atoms with E-state index in [4.69, 9.17) is 9.72 Å². The summed E-state index contributed by atoms with van der Waals surface area (Å²) in [5, 5.41) is 11.8. The fourth-order valence-corrected chi connectivity index (χ4v) is 5.65. The van der Waals surface area contributed by atoms with Gasteiger partial charge >= 0.3 is 5.91 Å². The number of aromatic nitrogens is 1. The van der Waals surface area contributed by atoms with Gasteiger partial charge in [0.15, 0.2) is 5.13 Å². The van der Waals surface area contributed by atoms with Gasteiger partial charge in [-0.15, -0.1) is 0 Å². The number of nitrogens with zero attached hydrogens (tertiary/aromatic N) is 2. The van der Waals surface area contributed by atoms with Crippen LogP contribution in [0.1, 0.15) is 56.0 Å². The Morgan fingerprint density at radius 2 is 1.71 bits per heavy atom. The maximum absolute atomic E-state index is 13.5. The number of thiazole rings is 1. The largest absolute Gasteiger partial charge is 0.507 e. The van der Waals surface area contributed by atoms with Gasteiger partial charge in [0.2, 0.25) is 0 Å². The van der Waals surface area contributed by atoms with Gasteiger partial charge in [-0.3, -0.25) is 14.5 Å². The second-order valence-corrected chi connectivity index (χ2v) is 11.5. The first-order valence-electron chi connectivity index (χ1n) is 12.6. The smallest absolute Gasteiger partial charge is 0.301 e. The van der Waals surface area contributed by atoms with Crippen LogP contribution in [0.5, 0.6) is 5.75 Å². The zero-order valence-corrected chi connectivity index (χ0v) is 22.9. The number of hydrogen-bond acceptors (Lipinski definition) is 6. The van der Waals surface area contributed by atoms with Crippen LogP contribution in [0.2, 0.25) is 0 Å². The number of carbonyl (C=O) groups excluding carboxylic acids is 2. The Morgan fingerprint density at radius 1 is 1.03 bits per heavy atom. The van der Waals surface area contributed by atoms with Crippen LogP contribution in [0.4, 0.5) is 5.13 Å². The van der Waals surface area contributed by atoms with Crippen molar-refractivity contribution in [3.63, 3.8) is 0 Å². The normalized spacial score (nSPS) is 17.4. The second kappa shape index (κ2) is 9.72. The first-order chi connectivity index (χ1) is 18.1. The quantitative estimate of drug-likeness (QED) is 0.173. The summed E-state index contributed by atoms with van der Waals surface area (Å²) in [4.78, 5) is 33.1. The summed E-state index contributed by atoms with van der Waals surface area (Å²) in [6, 6.07) is 19.8. The monoisotopic (exact) mass is 526 g/mol. The van der Waals surface area contributed by atoms with Crippen molar-refractivity contribution in [2.24, 2.45) is 0 Å². The van der Waals surface area contributed by atoms with E-state index in [-0.39, 0.29) is 16.7 Å². The molecule has 0 radical (unpaired) electrons. The minimum Gasteiger partial charge on any atom is -0.507 e. The highest BCUT2D eigenvalue weighted by Crippen LogP contribution is 2.45. The maximum atomic E-state index is 13.5. The molecule has 1 N–H and O–H groups in total. The fraction of sp³-hybridized carbons (Fsp3) is 0.258. The molecule has 1 atom stereocenters. The zero-order chi connectivity index (χ0) is 27.2. The topological polar surface area (TPSA) is 79.7 Å². The molecule has 194 valence electrons. The number of fused-ring (bicyclic) bond motifs is 1. The first kappa shape index (κ1) is 25.7. The van der Waals surface area contributed by atoms with Gasteiger partial charge in [0.1, 0.15) is 11.5 Å². The van der Waals surface area contributed by atoms with Gasteiger partial charge < -0.3 is 9.84 Å². The van der Waals surface area contributed by atoms with Crippen molar-refractivity contribution in [3.8, 4) is 5.75 Å². The van der Waals surface area contributed by atoms with Crippen molar-refractivity contribution in [1.29, 1.82) is 0 Å². The number of Topliss-reactive ketones (excluding diaryl/α,β-unsaturated/α-hetero) is 1. The van der Waals surface area contributed by atoms with E-state index in [1.165, 1.54) is 16.2 Å². The van der Waals surface area contributed by atoms with Crippen LogP contribution < -0.4 is 9.64 Å². The number of ketones is 1. The van der Waals surface area contributed by atoms with Gasteiger partial charge in [-0.05, 0) is 48.6 Å². The van der Waals surface area contributed by atoms with Crippen LogP contribution in [0.15, 0.2) is 72.3 Å². The molecular formula is C31H30N2O4S. The lowest BCUT2D eigenvalue weighted by molar-refractivity contribution is -0.132. The van der Waals surface area contributed by atoms with Gasteiger partial charge in [0, 0.05) is 5.56 Å². The Morgan fingerprint density at radius 3 is 2.34 bits per heavy atom. The SMILES string of the molecule is CCOc1ccc2nc(N3C(=O)C(=O)/C(=C(/O)c4ccc(C)cc4)[C@@H]3c3ccc(C(C)(C)C)cc3)sc2c1. The number of hydrogen-bond donors (Lipinski definition) is 1. The summed E-state index contributed by atoms with van der Waals surface area (Å²) < 4.78 is 6.47. The highest BCUT2D eigenvalue weighted by atomic mass is 32.1. The first-order valence-corrected chi connectivity index (χ1v) is 13.4. The average molecular weight is 527 g/mol. The molecule has 6 nitrogen and oxygen atoms in total. The van der Waals surface area contributed by atoms with Crippen molar-refractivity contribution in [2.75, 3.05) is 11.5 Å². The predicted octanol–water partition coefficient (Wildman–Crippen LogP) is 6.93. The number of aliphatic hydroxyl groups is 1. The highest BCUT2D eigenvalue weighted by Gasteiger charge is 2.48. The van der Waals surface area contributed by atoms with E-state index < -0.39 is 17.7 Å². The van der Waals surface area contributed by atoms with Gasteiger partial charge in [-0.25, -0.2) is 4.98 Å². The van der Waals surface area contributed by atoms with E-state index in [2.05, 4.69) is 20.8 Å². The van der Waals surface area contributed by atoms with Crippen LogP contribution in [-0.2, 0) is 15.0 Å². The van der Waals surface area contributed by atoms with Crippen molar-refractivity contribution < 1.29 is 19.4 Å². The maximum Gasteiger partial charge on any atom is 0.301 e. The van der Waals surface area contributed by atoms with E-state index in [0.29, 0.717) is 28.6 Å². The van der Waals surface area contributed by atoms with E-state index in [1.54, 1.807) is 12.1 Å². The molecule has 0 unspecified atom stereocenters. The van der Waals surface area contributed by atoms with E-state index >= 15 is 0 Å². The Kier molecular flexibility index (Phi) is 6.57. The molecule has 38 heavy (non-hydrogen) atoms. The van der Waals surface area contributed by atoms with Crippen LogP contribution in [0.25, 0.3) is 16.0 Å². The Bertz CT molecular complexity index is 1560. The van der Waals surface area contributed by atoms with Crippen molar-refractivity contribution in [3.05, 3.63) is 94.6 Å². The molecule has 1 saturated heterocycles. The van der Waals surface area contributed by atoms with Gasteiger partial charge in [-0.1, -0.05) is 86.2 Å². The van der Waals surface area contributed by atoms with Crippen LogP contribution in [0, 0.1) is 6.92 Å². The van der Waals surface area contributed by atoms with Crippen LogP contribution >= 0.6 is 11.3 Å². The fourth-order valence-electron chi connectivity index (χ4n) is 4.63. The van der Waals surface area contributed by atoms with Crippen molar-refractivity contribution >= 4 is 44.1 Å². The third kappa shape index (κ3) is 4.58. The molecule has 0 spiro atoms. The van der Waals surface area contributed by atoms with E-state index in [9.17, 15) is 14.7 Å². The summed E-state index contributed by atoms with van der Waals surface area (Å²) >= 11 is 1.32. The van der Waals surface area contributed by atoms with Crippen molar-refractivity contribution in [2.45, 2.75) is 46.1 Å². The van der Waals surface area contributed by atoms with Crippen molar-refractivity contribution in [1.82, 2.24) is 4.98 Å². The van der Waals surface area contributed by atoms with E-state index in [0.717, 1.165) is 21.4 Å². The van der Waals surface area contributed by atoms with Gasteiger partial charge in [-0.2, -0.15) is 0 Å². The standard InChI is InChI=1S/C31H30N2O4S/c1-6-37-22-15-16-23-24(17-22)38-30(32-23)33-26(19-11-13-21(14-12-19)31(3,4)5)25(28(35)29(33)36)27(34)20-9-7-18(2)8-10-20/h7-17,26,34H,6H2,1-5H3/b27-25+/t26-/m0/s1. The number of anilines is 1. The number of ether oxygens (including phenoxy) is 1. The molecule has 1 fully saturated rings. The molecular weight excluding hydrogens is 496 g/mol.